The summed E-state index contributed by atoms with van der Waals surface area (Å²) in [5, 5.41) is 2.57. The molecule has 0 aliphatic carbocycles. The summed E-state index contributed by atoms with van der Waals surface area (Å²) in [7, 11) is 0. The Morgan fingerprint density at radius 1 is 1.11 bits per heavy atom. The number of nitrogens with zero attached hydrogens (tertiary/aromatic N) is 1. The first-order valence-electron chi connectivity index (χ1n) is 8.25. The molecule has 2 aromatic heterocycles. The van der Waals surface area contributed by atoms with Crippen molar-refractivity contribution >= 4 is 22.9 Å². The molecule has 4 aromatic rings. The molecule has 134 valence electrons. The van der Waals surface area contributed by atoms with Gasteiger partial charge >= 0.3 is 0 Å². The first kappa shape index (κ1) is 16.6. The summed E-state index contributed by atoms with van der Waals surface area (Å²) in [6, 6.07) is 17.9. The molecule has 27 heavy (non-hydrogen) atoms. The van der Waals surface area contributed by atoms with Crippen LogP contribution in [0.25, 0.3) is 11.0 Å². The number of imidazole rings is 1. The molecule has 2 heterocycles. The maximum Gasteiger partial charge on any atom is 0.293 e. The lowest BCUT2D eigenvalue weighted by Gasteiger charge is -2.06. The van der Waals surface area contributed by atoms with Gasteiger partial charge < -0.3 is 14.1 Å². The van der Waals surface area contributed by atoms with Crippen molar-refractivity contribution in [2.75, 3.05) is 5.32 Å². The fourth-order valence-electron chi connectivity index (χ4n) is 2.54. The number of nitrogens with one attached hydrogen (secondary N) is 2. The van der Waals surface area contributed by atoms with E-state index in [1.54, 1.807) is 0 Å². The van der Waals surface area contributed by atoms with Crippen molar-refractivity contribution in [1.29, 1.82) is 0 Å². The van der Waals surface area contributed by atoms with Crippen LogP contribution in [-0.4, -0.2) is 15.9 Å². The quantitative estimate of drug-likeness (QED) is 0.568. The summed E-state index contributed by atoms with van der Waals surface area (Å²) in [4.78, 5) is 31.7. The van der Waals surface area contributed by atoms with Gasteiger partial charge in [0.1, 0.15) is 12.9 Å². The number of H-pyrrole nitrogens is 1. The molecule has 1 amide bonds. The molecule has 0 aliphatic rings. The molecule has 0 aliphatic heterocycles. The van der Waals surface area contributed by atoms with Gasteiger partial charge in [-0.3, -0.25) is 14.9 Å². The average molecular weight is 361 g/mol. The van der Waals surface area contributed by atoms with Gasteiger partial charge in [-0.15, -0.1) is 0 Å². The van der Waals surface area contributed by atoms with Crippen LogP contribution < -0.4 is 15.5 Å². The van der Waals surface area contributed by atoms with Crippen LogP contribution in [0.15, 0.2) is 76.1 Å². The van der Waals surface area contributed by atoms with Gasteiger partial charge in [-0.25, -0.2) is 4.98 Å². The second kappa shape index (κ2) is 7.17. The number of para-hydroxylation sites is 2. The first-order chi connectivity index (χ1) is 13.2. The number of carbonyl (C=O) groups excluding carboxylic acids is 1. The van der Waals surface area contributed by atoms with E-state index >= 15 is 0 Å². The van der Waals surface area contributed by atoms with Crippen LogP contribution >= 0.6 is 0 Å². The van der Waals surface area contributed by atoms with E-state index in [0.717, 1.165) is 28.9 Å². The zero-order chi connectivity index (χ0) is 18.6. The molecule has 0 spiro atoms. The summed E-state index contributed by atoms with van der Waals surface area (Å²) in [6.45, 7) is 0.232. The van der Waals surface area contributed by atoms with E-state index in [2.05, 4.69) is 15.3 Å². The maximum atomic E-state index is 12.3. The number of carbonyl (C=O) groups is 1. The van der Waals surface area contributed by atoms with Crippen molar-refractivity contribution in [2.45, 2.75) is 6.61 Å². The molecule has 0 fully saturated rings. The molecule has 4 rings (SSSR count). The highest BCUT2D eigenvalue weighted by Crippen LogP contribution is 2.15. The highest BCUT2D eigenvalue weighted by molar-refractivity contribution is 6.01. The van der Waals surface area contributed by atoms with Crippen molar-refractivity contribution in [3.63, 3.8) is 0 Å². The second-order valence-electron chi connectivity index (χ2n) is 5.80. The molecule has 7 heteroatoms. The molecule has 0 atom stereocenters. The lowest BCUT2D eigenvalue weighted by molar-refractivity contribution is 0.0992. The van der Waals surface area contributed by atoms with E-state index in [0.29, 0.717) is 0 Å². The number of amides is 1. The van der Waals surface area contributed by atoms with Crippen molar-refractivity contribution < 1.29 is 13.9 Å². The number of aromatic nitrogens is 2. The number of benzene rings is 2. The minimum Gasteiger partial charge on any atom is -0.482 e. The first-order valence-corrected chi connectivity index (χ1v) is 8.25. The Bertz CT molecular complexity index is 1120. The van der Waals surface area contributed by atoms with Gasteiger partial charge in [0.15, 0.2) is 5.76 Å². The Balaban J connectivity index is 1.46. The van der Waals surface area contributed by atoms with Crippen LogP contribution in [0, 0.1) is 0 Å². The molecule has 7 nitrogen and oxygen atoms in total. The largest absolute Gasteiger partial charge is 0.482 e. The second-order valence-corrected chi connectivity index (χ2v) is 5.80. The maximum absolute atomic E-state index is 12.3. The predicted molar refractivity (Wildman–Crippen MR) is 99.8 cm³/mol. The van der Waals surface area contributed by atoms with Crippen LogP contribution in [-0.2, 0) is 6.61 Å². The van der Waals surface area contributed by atoms with Gasteiger partial charge in [0.05, 0.1) is 11.0 Å². The van der Waals surface area contributed by atoms with E-state index in [-0.39, 0.29) is 24.1 Å². The summed E-state index contributed by atoms with van der Waals surface area (Å²) in [5.74, 6) is -0.402. The fourth-order valence-corrected chi connectivity index (χ4v) is 2.54. The number of ether oxygens (including phenoxy) is 1. The smallest absolute Gasteiger partial charge is 0.293 e. The molecule has 0 radical (unpaired) electrons. The van der Waals surface area contributed by atoms with Gasteiger partial charge in [0.25, 0.3) is 5.91 Å². The minimum absolute atomic E-state index is 0.0409. The third-order valence-corrected chi connectivity index (χ3v) is 3.88. The van der Waals surface area contributed by atoms with E-state index in [9.17, 15) is 9.59 Å². The van der Waals surface area contributed by atoms with Crippen LogP contribution in [0.1, 0.15) is 16.1 Å². The molecule has 0 saturated heterocycles. The Kier molecular flexibility index (Phi) is 4.40. The fraction of sp³-hybridized carbons (Fsp3) is 0.0500. The highest BCUT2D eigenvalue weighted by Gasteiger charge is 2.14. The number of hydrogen-bond donors (Lipinski definition) is 2. The van der Waals surface area contributed by atoms with Gasteiger partial charge in [0, 0.05) is 6.07 Å². The van der Waals surface area contributed by atoms with Crippen LogP contribution in [0.5, 0.6) is 5.75 Å². The van der Waals surface area contributed by atoms with Gasteiger partial charge in [-0.05, 0) is 17.7 Å². The SMILES string of the molecule is O=C(Nc1nc2ccccc2[nH]1)c1cc(=O)c(OCc2ccccc2)co1. The van der Waals surface area contributed by atoms with Crippen LogP contribution in [0.3, 0.4) is 0 Å². The van der Waals surface area contributed by atoms with E-state index in [1.807, 2.05) is 54.6 Å². The molecule has 2 N–H and O–H groups in total. The Morgan fingerprint density at radius 2 is 1.89 bits per heavy atom. The topological polar surface area (TPSA) is 97.2 Å². The number of fused-ring (bicyclic) bond motifs is 1. The van der Waals surface area contributed by atoms with Crippen molar-refractivity contribution in [3.05, 3.63) is 88.5 Å². The van der Waals surface area contributed by atoms with Crippen molar-refractivity contribution in [1.82, 2.24) is 9.97 Å². The number of rotatable bonds is 5. The molecular weight excluding hydrogens is 346 g/mol. The molecule has 0 saturated carbocycles. The third-order valence-electron chi connectivity index (χ3n) is 3.88. The molecule has 0 bridgehead atoms. The molecule has 0 unspecified atom stereocenters. The molecule has 2 aromatic carbocycles. The summed E-state index contributed by atoms with van der Waals surface area (Å²) < 4.78 is 10.7. The van der Waals surface area contributed by atoms with Gasteiger partial charge in [-0.2, -0.15) is 0 Å². The van der Waals surface area contributed by atoms with E-state index < -0.39 is 11.3 Å². The highest BCUT2D eigenvalue weighted by atomic mass is 16.5. The van der Waals surface area contributed by atoms with E-state index in [1.165, 1.54) is 0 Å². The standard InChI is InChI=1S/C20H15N3O4/c24-16-10-17(27-12-18(16)26-11-13-6-2-1-3-7-13)19(25)23-20-21-14-8-4-5-9-15(14)22-20/h1-10,12H,11H2,(H2,21,22,23,25). The van der Waals surface area contributed by atoms with Crippen LogP contribution in [0.4, 0.5) is 5.95 Å². The summed E-state index contributed by atoms with van der Waals surface area (Å²) in [6.07, 6.45) is 1.14. The van der Waals surface area contributed by atoms with Gasteiger partial charge in [0.2, 0.25) is 17.1 Å². The zero-order valence-electron chi connectivity index (χ0n) is 14.1. The average Bonchev–Trinajstić information content (AvgIpc) is 3.10. The number of hydrogen-bond acceptors (Lipinski definition) is 5. The normalized spacial score (nSPS) is 10.7. The summed E-state index contributed by atoms with van der Waals surface area (Å²) >= 11 is 0. The summed E-state index contributed by atoms with van der Waals surface area (Å²) in [5.41, 5.74) is 1.99. The number of anilines is 1. The third kappa shape index (κ3) is 3.72. The lowest BCUT2D eigenvalue weighted by Crippen LogP contribution is -2.16. The number of aromatic amines is 1. The Hall–Kier alpha value is -3.87. The Morgan fingerprint density at radius 3 is 2.67 bits per heavy atom. The van der Waals surface area contributed by atoms with Crippen molar-refractivity contribution in [2.24, 2.45) is 0 Å². The lowest BCUT2D eigenvalue weighted by atomic mass is 10.2. The monoisotopic (exact) mass is 361 g/mol. The minimum atomic E-state index is -0.583. The molecular formula is C20H15N3O4. The Labute approximate surface area is 153 Å². The zero-order valence-corrected chi connectivity index (χ0v) is 14.1. The van der Waals surface area contributed by atoms with Crippen molar-refractivity contribution in [3.8, 4) is 5.75 Å². The van der Waals surface area contributed by atoms with Crippen LogP contribution in [0.2, 0.25) is 0 Å². The van der Waals surface area contributed by atoms with Gasteiger partial charge in [-0.1, -0.05) is 42.5 Å². The van der Waals surface area contributed by atoms with E-state index in [4.69, 9.17) is 9.15 Å². The predicted octanol–water partition coefficient (Wildman–Crippen LogP) is 3.35.